The highest BCUT2D eigenvalue weighted by atomic mass is 35.5. The standard InChI is InChI=1S/C15H22N2O2.ClH/c1-3-16-11(2)10-17-15(18)14-13-7-5-4-6-12(13)8-9-19-14;/h4-7,11,14,16H,3,8-10H2,1-2H3,(H,17,18);1H/t11-,14?;/m1./s1. The fraction of sp³-hybridized carbons (Fsp3) is 0.533. The Kier molecular flexibility index (Phi) is 6.99. The summed E-state index contributed by atoms with van der Waals surface area (Å²) in [6, 6.07) is 8.28. The molecule has 2 N–H and O–H groups in total. The van der Waals surface area contributed by atoms with Gasteiger partial charge in [-0.2, -0.15) is 0 Å². The molecule has 0 spiro atoms. The average molecular weight is 299 g/mol. The lowest BCUT2D eigenvalue weighted by atomic mass is 9.97. The molecule has 1 heterocycles. The normalized spacial score (nSPS) is 18.6. The molecule has 0 saturated carbocycles. The fourth-order valence-corrected chi connectivity index (χ4v) is 2.38. The molecule has 0 bridgehead atoms. The van der Waals surface area contributed by atoms with Crippen molar-refractivity contribution in [3.05, 3.63) is 35.4 Å². The molecule has 1 aliphatic heterocycles. The molecular formula is C15H23ClN2O2. The van der Waals surface area contributed by atoms with E-state index in [4.69, 9.17) is 4.74 Å². The first kappa shape index (κ1) is 17.0. The van der Waals surface area contributed by atoms with Crippen LogP contribution in [-0.2, 0) is 16.0 Å². The van der Waals surface area contributed by atoms with Crippen LogP contribution in [0.5, 0.6) is 0 Å². The van der Waals surface area contributed by atoms with Gasteiger partial charge in [-0.3, -0.25) is 4.79 Å². The van der Waals surface area contributed by atoms with Crippen LogP contribution in [-0.4, -0.2) is 31.6 Å². The van der Waals surface area contributed by atoms with Crippen LogP contribution in [0.2, 0.25) is 0 Å². The molecule has 2 rings (SSSR count). The van der Waals surface area contributed by atoms with Crippen molar-refractivity contribution in [1.29, 1.82) is 0 Å². The van der Waals surface area contributed by atoms with Gasteiger partial charge in [-0.1, -0.05) is 31.2 Å². The number of ether oxygens (including phenoxy) is 1. The number of carbonyl (C=O) groups is 1. The van der Waals surface area contributed by atoms with Gasteiger partial charge in [0.05, 0.1) is 6.61 Å². The maximum Gasteiger partial charge on any atom is 0.253 e. The Labute approximate surface area is 126 Å². The highest BCUT2D eigenvalue weighted by Crippen LogP contribution is 2.26. The van der Waals surface area contributed by atoms with Gasteiger partial charge in [-0.25, -0.2) is 0 Å². The number of nitrogens with one attached hydrogen (secondary N) is 2. The summed E-state index contributed by atoms with van der Waals surface area (Å²) in [6.45, 7) is 6.24. The van der Waals surface area contributed by atoms with Crippen molar-refractivity contribution < 1.29 is 9.53 Å². The van der Waals surface area contributed by atoms with Crippen molar-refractivity contribution in [1.82, 2.24) is 10.6 Å². The summed E-state index contributed by atoms with van der Waals surface area (Å²) >= 11 is 0. The van der Waals surface area contributed by atoms with Gasteiger partial charge in [0.15, 0.2) is 6.10 Å². The summed E-state index contributed by atoms with van der Waals surface area (Å²) in [5, 5.41) is 6.22. The highest BCUT2D eigenvalue weighted by molar-refractivity contribution is 5.85. The number of amides is 1. The zero-order valence-corrected chi connectivity index (χ0v) is 12.8. The van der Waals surface area contributed by atoms with Crippen molar-refractivity contribution in [2.75, 3.05) is 19.7 Å². The molecule has 1 aromatic rings. The van der Waals surface area contributed by atoms with E-state index < -0.39 is 6.10 Å². The molecule has 0 saturated heterocycles. The number of likely N-dealkylation sites (N-methyl/N-ethyl adjacent to an activating group) is 1. The second kappa shape index (κ2) is 8.25. The Hall–Kier alpha value is -1.10. The van der Waals surface area contributed by atoms with Crippen molar-refractivity contribution in [2.24, 2.45) is 0 Å². The SMILES string of the molecule is CCN[C@H](C)CNC(=O)C1OCCc2ccccc21.Cl. The van der Waals surface area contributed by atoms with Gasteiger partial charge >= 0.3 is 0 Å². The molecule has 1 unspecified atom stereocenters. The summed E-state index contributed by atoms with van der Waals surface area (Å²) in [5.41, 5.74) is 2.22. The zero-order valence-electron chi connectivity index (χ0n) is 12.0. The summed E-state index contributed by atoms with van der Waals surface area (Å²) in [4.78, 5) is 12.2. The van der Waals surface area contributed by atoms with E-state index >= 15 is 0 Å². The second-order valence-corrected chi connectivity index (χ2v) is 4.90. The van der Waals surface area contributed by atoms with Crippen molar-refractivity contribution in [3.8, 4) is 0 Å². The largest absolute Gasteiger partial charge is 0.363 e. The Morgan fingerprint density at radius 1 is 1.45 bits per heavy atom. The number of fused-ring (bicyclic) bond motifs is 1. The lowest BCUT2D eigenvalue weighted by Crippen LogP contribution is -2.41. The summed E-state index contributed by atoms with van der Waals surface area (Å²) in [7, 11) is 0. The van der Waals surface area contributed by atoms with Gasteiger partial charge in [0, 0.05) is 12.6 Å². The van der Waals surface area contributed by atoms with E-state index in [9.17, 15) is 4.79 Å². The molecule has 2 atom stereocenters. The number of halogens is 1. The Morgan fingerprint density at radius 2 is 2.20 bits per heavy atom. The smallest absolute Gasteiger partial charge is 0.253 e. The summed E-state index contributed by atoms with van der Waals surface area (Å²) < 4.78 is 5.63. The summed E-state index contributed by atoms with van der Waals surface area (Å²) in [5.74, 6) is -0.0445. The van der Waals surface area contributed by atoms with E-state index in [1.54, 1.807) is 0 Å². The fourth-order valence-electron chi connectivity index (χ4n) is 2.38. The first-order chi connectivity index (χ1) is 9.22. The molecule has 0 fully saturated rings. The lowest BCUT2D eigenvalue weighted by Gasteiger charge is -2.25. The van der Waals surface area contributed by atoms with Crippen molar-refractivity contribution in [3.63, 3.8) is 0 Å². The van der Waals surface area contributed by atoms with Crippen molar-refractivity contribution >= 4 is 18.3 Å². The maximum absolute atomic E-state index is 12.2. The molecule has 1 amide bonds. The number of hydrogen-bond acceptors (Lipinski definition) is 3. The van der Waals surface area contributed by atoms with Gasteiger partial charge in [0.2, 0.25) is 0 Å². The van der Waals surface area contributed by atoms with Crippen LogP contribution in [0, 0.1) is 0 Å². The number of hydrogen-bond donors (Lipinski definition) is 2. The van der Waals surface area contributed by atoms with Crippen LogP contribution in [0.1, 0.15) is 31.1 Å². The monoisotopic (exact) mass is 298 g/mol. The molecule has 5 heteroatoms. The summed E-state index contributed by atoms with van der Waals surface area (Å²) in [6.07, 6.45) is 0.423. The third kappa shape index (κ3) is 4.20. The molecular weight excluding hydrogens is 276 g/mol. The van der Waals surface area contributed by atoms with E-state index in [-0.39, 0.29) is 24.4 Å². The second-order valence-electron chi connectivity index (χ2n) is 4.90. The Balaban J connectivity index is 0.00000200. The van der Waals surface area contributed by atoms with Crippen LogP contribution in [0.25, 0.3) is 0 Å². The molecule has 0 radical (unpaired) electrons. The first-order valence-electron chi connectivity index (χ1n) is 6.93. The van der Waals surface area contributed by atoms with Crippen LogP contribution in [0.15, 0.2) is 24.3 Å². The van der Waals surface area contributed by atoms with Crippen LogP contribution < -0.4 is 10.6 Å². The minimum Gasteiger partial charge on any atom is -0.363 e. The zero-order chi connectivity index (χ0) is 13.7. The molecule has 1 aliphatic rings. The van der Waals surface area contributed by atoms with Gasteiger partial charge in [-0.15, -0.1) is 12.4 Å². The van der Waals surface area contributed by atoms with E-state index in [2.05, 4.69) is 30.5 Å². The van der Waals surface area contributed by atoms with E-state index in [1.165, 1.54) is 5.56 Å². The topological polar surface area (TPSA) is 50.4 Å². The molecule has 1 aromatic carbocycles. The number of rotatable bonds is 5. The van der Waals surface area contributed by atoms with Gasteiger partial charge < -0.3 is 15.4 Å². The first-order valence-corrected chi connectivity index (χ1v) is 6.93. The van der Waals surface area contributed by atoms with E-state index in [0.717, 1.165) is 18.5 Å². The third-order valence-electron chi connectivity index (χ3n) is 3.37. The number of carbonyl (C=O) groups excluding carboxylic acids is 1. The predicted octanol–water partition coefficient (Wildman–Crippen LogP) is 1.84. The lowest BCUT2D eigenvalue weighted by molar-refractivity contribution is -0.134. The third-order valence-corrected chi connectivity index (χ3v) is 3.37. The highest BCUT2D eigenvalue weighted by Gasteiger charge is 2.26. The van der Waals surface area contributed by atoms with E-state index in [0.29, 0.717) is 13.2 Å². The maximum atomic E-state index is 12.2. The molecule has 0 aromatic heterocycles. The average Bonchev–Trinajstić information content (AvgIpc) is 2.44. The minimum absolute atomic E-state index is 0. The molecule has 4 nitrogen and oxygen atoms in total. The van der Waals surface area contributed by atoms with Gasteiger partial charge in [0.25, 0.3) is 5.91 Å². The van der Waals surface area contributed by atoms with Crippen LogP contribution >= 0.6 is 12.4 Å². The molecule has 20 heavy (non-hydrogen) atoms. The quantitative estimate of drug-likeness (QED) is 0.872. The Morgan fingerprint density at radius 3 is 2.95 bits per heavy atom. The van der Waals surface area contributed by atoms with Crippen LogP contribution in [0.3, 0.4) is 0 Å². The van der Waals surface area contributed by atoms with E-state index in [1.807, 2.05) is 18.2 Å². The minimum atomic E-state index is -0.459. The predicted molar refractivity (Wildman–Crippen MR) is 82.2 cm³/mol. The van der Waals surface area contributed by atoms with Crippen LogP contribution in [0.4, 0.5) is 0 Å². The van der Waals surface area contributed by atoms with Gasteiger partial charge in [0.1, 0.15) is 0 Å². The Bertz CT molecular complexity index is 440. The number of benzene rings is 1. The molecule has 112 valence electrons. The molecule has 0 aliphatic carbocycles. The van der Waals surface area contributed by atoms with Crippen molar-refractivity contribution in [2.45, 2.75) is 32.4 Å². The van der Waals surface area contributed by atoms with Gasteiger partial charge in [-0.05, 0) is 31.0 Å².